The van der Waals surface area contributed by atoms with E-state index in [-0.39, 0.29) is 17.5 Å². The van der Waals surface area contributed by atoms with Crippen LogP contribution in [0.5, 0.6) is 0 Å². The molecule has 2 amide bonds. The molecule has 100 valence electrons. The summed E-state index contributed by atoms with van der Waals surface area (Å²) in [7, 11) is 0. The molecule has 0 aliphatic heterocycles. The Hall–Kier alpha value is -1.85. The fraction of sp³-hybridized carbons (Fsp3) is 0.583. The highest BCUT2D eigenvalue weighted by Gasteiger charge is 2.23. The highest BCUT2D eigenvalue weighted by Crippen LogP contribution is 2.12. The molecule has 1 atom stereocenters. The van der Waals surface area contributed by atoms with E-state index in [1.54, 1.807) is 6.07 Å². The van der Waals surface area contributed by atoms with Gasteiger partial charge in [0.15, 0.2) is 0 Å². The molecule has 1 aromatic heterocycles. The second-order valence-corrected chi connectivity index (χ2v) is 4.96. The van der Waals surface area contributed by atoms with Crippen LogP contribution in [0.3, 0.4) is 0 Å². The quantitative estimate of drug-likeness (QED) is 0.721. The zero-order valence-electron chi connectivity index (χ0n) is 11.2. The average molecular weight is 252 g/mol. The first kappa shape index (κ1) is 14.2. The molecule has 1 heterocycles. The van der Waals surface area contributed by atoms with E-state index in [1.165, 1.54) is 0 Å². The summed E-state index contributed by atoms with van der Waals surface area (Å²) in [6.07, 6.45) is 0. The highest BCUT2D eigenvalue weighted by atomic mass is 16.2. The van der Waals surface area contributed by atoms with Gasteiger partial charge in [-0.05, 0) is 17.9 Å². The summed E-state index contributed by atoms with van der Waals surface area (Å²) in [5, 5.41) is 9.30. The van der Waals surface area contributed by atoms with E-state index in [0.717, 1.165) is 5.69 Å². The molecule has 1 rings (SSSR count). The maximum absolute atomic E-state index is 11.9. The molecule has 0 aliphatic rings. The van der Waals surface area contributed by atoms with Crippen molar-refractivity contribution >= 4 is 11.8 Å². The Morgan fingerprint density at radius 1 is 1.33 bits per heavy atom. The molecule has 0 spiro atoms. The summed E-state index contributed by atoms with van der Waals surface area (Å²) in [4.78, 5) is 23.1. The van der Waals surface area contributed by atoms with Crippen molar-refractivity contribution in [1.82, 2.24) is 15.5 Å². The van der Waals surface area contributed by atoms with E-state index in [1.807, 2.05) is 27.7 Å². The summed E-state index contributed by atoms with van der Waals surface area (Å²) in [6, 6.07) is 0.995. The second kappa shape index (κ2) is 5.66. The average Bonchev–Trinajstić information content (AvgIpc) is 2.73. The van der Waals surface area contributed by atoms with Crippen LogP contribution < -0.4 is 11.1 Å². The first-order valence-electron chi connectivity index (χ1n) is 5.98. The summed E-state index contributed by atoms with van der Waals surface area (Å²) in [5.41, 5.74) is 6.38. The van der Waals surface area contributed by atoms with Crippen LogP contribution in [-0.2, 0) is 4.79 Å². The summed E-state index contributed by atoms with van der Waals surface area (Å²) in [6.45, 7) is 7.63. The van der Waals surface area contributed by atoms with Crippen molar-refractivity contribution in [1.29, 1.82) is 0 Å². The summed E-state index contributed by atoms with van der Waals surface area (Å²) in [5.74, 6) is -0.736. The number of nitrogens with zero attached hydrogens (tertiary/aromatic N) is 1. The Labute approximate surface area is 106 Å². The predicted molar refractivity (Wildman–Crippen MR) is 68.0 cm³/mol. The second-order valence-electron chi connectivity index (χ2n) is 4.96. The molecule has 0 unspecified atom stereocenters. The Balaban J connectivity index is 2.77. The molecular formula is C12H20N4O2. The third-order valence-corrected chi connectivity index (χ3v) is 2.71. The van der Waals surface area contributed by atoms with E-state index in [0.29, 0.717) is 0 Å². The van der Waals surface area contributed by atoms with Gasteiger partial charge >= 0.3 is 0 Å². The number of primary amides is 1. The third-order valence-electron chi connectivity index (χ3n) is 2.71. The van der Waals surface area contributed by atoms with Crippen LogP contribution in [0.15, 0.2) is 6.07 Å². The first-order chi connectivity index (χ1) is 8.32. The normalized spacial score (nSPS) is 12.8. The van der Waals surface area contributed by atoms with E-state index >= 15 is 0 Å². The van der Waals surface area contributed by atoms with Gasteiger partial charge < -0.3 is 11.1 Å². The minimum absolute atomic E-state index is 0.0602. The smallest absolute Gasteiger partial charge is 0.272 e. The minimum Gasteiger partial charge on any atom is -0.368 e. The van der Waals surface area contributed by atoms with Gasteiger partial charge in [-0.15, -0.1) is 0 Å². The van der Waals surface area contributed by atoms with E-state index in [2.05, 4.69) is 15.5 Å². The number of hydrogen-bond donors (Lipinski definition) is 3. The largest absolute Gasteiger partial charge is 0.368 e. The minimum atomic E-state index is -0.684. The van der Waals surface area contributed by atoms with E-state index < -0.39 is 17.9 Å². The monoisotopic (exact) mass is 252 g/mol. The first-order valence-corrected chi connectivity index (χ1v) is 5.98. The molecule has 0 fully saturated rings. The number of aromatic nitrogens is 2. The molecule has 6 nitrogen and oxygen atoms in total. The predicted octanol–water partition coefficient (Wildman–Crippen LogP) is 0.773. The number of carbonyl (C=O) groups excluding carboxylic acids is 2. The number of amides is 2. The number of hydrogen-bond acceptors (Lipinski definition) is 3. The van der Waals surface area contributed by atoms with Crippen molar-refractivity contribution < 1.29 is 9.59 Å². The lowest BCUT2D eigenvalue weighted by molar-refractivity contribution is -0.120. The lowest BCUT2D eigenvalue weighted by Crippen LogP contribution is -2.47. The van der Waals surface area contributed by atoms with Gasteiger partial charge in [-0.2, -0.15) is 5.10 Å². The standard InChI is InChI=1S/C12H20N4O2/c1-6(2)8-5-9(16-15-8)12(18)14-10(7(3)4)11(13)17/h5-7,10H,1-4H3,(H2,13,17)(H,14,18)(H,15,16)/t10-/m0/s1. The zero-order valence-corrected chi connectivity index (χ0v) is 11.2. The van der Waals surface area contributed by atoms with Crippen LogP contribution in [-0.4, -0.2) is 28.1 Å². The Bertz CT molecular complexity index is 437. The van der Waals surface area contributed by atoms with Crippen molar-refractivity contribution in [3.63, 3.8) is 0 Å². The van der Waals surface area contributed by atoms with Gasteiger partial charge in [0.25, 0.3) is 5.91 Å². The van der Waals surface area contributed by atoms with Crippen molar-refractivity contribution in [3.8, 4) is 0 Å². The van der Waals surface area contributed by atoms with Crippen molar-refractivity contribution in [2.75, 3.05) is 0 Å². The number of carbonyl (C=O) groups is 2. The third kappa shape index (κ3) is 3.32. The lowest BCUT2D eigenvalue weighted by atomic mass is 10.0. The van der Waals surface area contributed by atoms with Gasteiger partial charge in [-0.25, -0.2) is 0 Å². The molecule has 6 heteroatoms. The molecule has 0 aliphatic carbocycles. The SMILES string of the molecule is CC(C)c1cc(C(=O)N[C@H](C(N)=O)C(C)C)n[nH]1. The van der Waals surface area contributed by atoms with Gasteiger partial charge in [0.05, 0.1) is 0 Å². The molecular weight excluding hydrogens is 232 g/mol. The number of nitrogens with one attached hydrogen (secondary N) is 2. The topological polar surface area (TPSA) is 101 Å². The molecule has 18 heavy (non-hydrogen) atoms. The molecule has 0 aromatic carbocycles. The maximum Gasteiger partial charge on any atom is 0.272 e. The van der Waals surface area contributed by atoms with Crippen LogP contribution in [0.4, 0.5) is 0 Å². The molecule has 0 bridgehead atoms. The Morgan fingerprint density at radius 2 is 1.94 bits per heavy atom. The van der Waals surface area contributed by atoms with Gasteiger partial charge in [0.2, 0.25) is 5.91 Å². The van der Waals surface area contributed by atoms with Crippen molar-refractivity contribution in [2.45, 2.75) is 39.7 Å². The van der Waals surface area contributed by atoms with Crippen molar-refractivity contribution in [2.24, 2.45) is 11.7 Å². The Morgan fingerprint density at radius 3 is 2.33 bits per heavy atom. The van der Waals surface area contributed by atoms with Crippen LogP contribution in [0.25, 0.3) is 0 Å². The van der Waals surface area contributed by atoms with Gasteiger partial charge in [0, 0.05) is 5.69 Å². The molecule has 4 N–H and O–H groups in total. The lowest BCUT2D eigenvalue weighted by Gasteiger charge is -2.17. The van der Waals surface area contributed by atoms with Crippen LogP contribution in [0.2, 0.25) is 0 Å². The highest BCUT2D eigenvalue weighted by molar-refractivity contribution is 5.95. The number of rotatable bonds is 5. The fourth-order valence-electron chi connectivity index (χ4n) is 1.53. The Kier molecular flexibility index (Phi) is 4.47. The maximum atomic E-state index is 11.9. The molecule has 1 aromatic rings. The van der Waals surface area contributed by atoms with E-state index in [9.17, 15) is 9.59 Å². The zero-order chi connectivity index (χ0) is 13.9. The molecule has 0 radical (unpaired) electrons. The molecule has 0 saturated carbocycles. The number of nitrogens with two attached hydrogens (primary N) is 1. The van der Waals surface area contributed by atoms with Gasteiger partial charge in [-0.3, -0.25) is 14.7 Å². The number of aromatic amines is 1. The summed E-state index contributed by atoms with van der Waals surface area (Å²) < 4.78 is 0. The van der Waals surface area contributed by atoms with Crippen LogP contribution >= 0.6 is 0 Å². The van der Waals surface area contributed by atoms with Crippen molar-refractivity contribution in [3.05, 3.63) is 17.5 Å². The van der Waals surface area contributed by atoms with E-state index in [4.69, 9.17) is 5.73 Å². The van der Waals surface area contributed by atoms with Crippen LogP contribution in [0.1, 0.15) is 49.8 Å². The fourth-order valence-corrected chi connectivity index (χ4v) is 1.53. The summed E-state index contributed by atoms with van der Waals surface area (Å²) >= 11 is 0. The van der Waals surface area contributed by atoms with Gasteiger partial charge in [-0.1, -0.05) is 27.7 Å². The van der Waals surface area contributed by atoms with Crippen LogP contribution in [0, 0.1) is 5.92 Å². The molecule has 0 saturated heterocycles. The van der Waals surface area contributed by atoms with Gasteiger partial charge in [0.1, 0.15) is 11.7 Å². The number of H-pyrrole nitrogens is 1.